The van der Waals surface area contributed by atoms with E-state index in [1.165, 1.54) is 48.1 Å². The molecular weight excluding hydrogens is 230 g/mol. The highest BCUT2D eigenvalue weighted by Crippen LogP contribution is 2.34. The molecule has 0 radical (unpaired) electrons. The number of nitrogens with one attached hydrogen (secondary N) is 1. The molecule has 2 atom stereocenters. The second-order valence-electron chi connectivity index (χ2n) is 6.72. The molecule has 0 amide bonds. The Labute approximate surface area is 118 Å². The fourth-order valence-corrected chi connectivity index (χ4v) is 3.73. The first-order valence-corrected chi connectivity index (χ1v) is 7.83. The zero-order chi connectivity index (χ0) is 14.0. The van der Waals surface area contributed by atoms with Crippen molar-refractivity contribution in [2.24, 2.45) is 11.8 Å². The fraction of sp³-hybridized carbons (Fsp3) is 0.667. The maximum atomic E-state index is 3.88. The van der Waals surface area contributed by atoms with Gasteiger partial charge in [-0.25, -0.2) is 0 Å². The average Bonchev–Trinajstić information content (AvgIpc) is 2.34. The number of hydrogen-bond acceptors (Lipinski definition) is 1. The first-order chi connectivity index (χ1) is 8.99. The van der Waals surface area contributed by atoms with E-state index in [1.54, 1.807) is 0 Å². The third kappa shape index (κ3) is 3.32. The standard InChI is InChI=1S/C18H29N/c1-12(2)16-8-6-7-9-17(16)19-18-14(4)10-13(3)11-15(18)5/h10-12,16-17,19H,6-9H2,1-5H3. The van der Waals surface area contributed by atoms with Crippen molar-refractivity contribution in [2.45, 2.75) is 66.3 Å². The van der Waals surface area contributed by atoms with Crippen LogP contribution in [0.2, 0.25) is 0 Å². The third-order valence-electron chi connectivity index (χ3n) is 4.68. The lowest BCUT2D eigenvalue weighted by molar-refractivity contribution is 0.253. The van der Waals surface area contributed by atoms with Crippen LogP contribution >= 0.6 is 0 Å². The van der Waals surface area contributed by atoms with Crippen molar-refractivity contribution in [1.29, 1.82) is 0 Å². The van der Waals surface area contributed by atoms with Gasteiger partial charge in [0.25, 0.3) is 0 Å². The molecule has 2 unspecified atom stereocenters. The maximum Gasteiger partial charge on any atom is 0.0402 e. The van der Waals surface area contributed by atoms with Crippen LogP contribution in [-0.2, 0) is 0 Å². The topological polar surface area (TPSA) is 12.0 Å². The van der Waals surface area contributed by atoms with E-state index in [4.69, 9.17) is 0 Å². The molecule has 2 rings (SSSR count). The van der Waals surface area contributed by atoms with Crippen molar-refractivity contribution >= 4 is 5.69 Å². The summed E-state index contributed by atoms with van der Waals surface area (Å²) in [4.78, 5) is 0. The van der Waals surface area contributed by atoms with E-state index in [9.17, 15) is 0 Å². The SMILES string of the molecule is Cc1cc(C)c(NC2CCCCC2C(C)C)c(C)c1. The van der Waals surface area contributed by atoms with Gasteiger partial charge in [0.2, 0.25) is 0 Å². The second-order valence-corrected chi connectivity index (χ2v) is 6.72. The van der Waals surface area contributed by atoms with E-state index in [0.29, 0.717) is 6.04 Å². The normalized spacial score (nSPS) is 23.7. The molecule has 0 bridgehead atoms. The fourth-order valence-electron chi connectivity index (χ4n) is 3.73. The molecule has 0 aliphatic heterocycles. The number of rotatable bonds is 3. The van der Waals surface area contributed by atoms with Crippen LogP contribution < -0.4 is 5.32 Å². The Morgan fingerprint density at radius 1 is 1.00 bits per heavy atom. The first kappa shape index (κ1) is 14.4. The summed E-state index contributed by atoms with van der Waals surface area (Å²) in [6.07, 6.45) is 5.51. The Balaban J connectivity index is 2.19. The molecule has 1 aromatic carbocycles. The van der Waals surface area contributed by atoms with E-state index in [1.807, 2.05) is 0 Å². The van der Waals surface area contributed by atoms with Crippen molar-refractivity contribution in [2.75, 3.05) is 5.32 Å². The quantitative estimate of drug-likeness (QED) is 0.783. The highest BCUT2D eigenvalue weighted by atomic mass is 14.9. The van der Waals surface area contributed by atoms with Gasteiger partial charge in [-0.2, -0.15) is 0 Å². The molecule has 1 fully saturated rings. The Morgan fingerprint density at radius 2 is 1.58 bits per heavy atom. The molecule has 0 saturated heterocycles. The smallest absolute Gasteiger partial charge is 0.0402 e. The highest BCUT2D eigenvalue weighted by Gasteiger charge is 2.27. The van der Waals surface area contributed by atoms with Crippen molar-refractivity contribution in [3.63, 3.8) is 0 Å². The van der Waals surface area contributed by atoms with Gasteiger partial charge in [0.15, 0.2) is 0 Å². The molecule has 106 valence electrons. The van der Waals surface area contributed by atoms with Crippen LogP contribution in [0, 0.1) is 32.6 Å². The summed E-state index contributed by atoms with van der Waals surface area (Å²) < 4.78 is 0. The molecule has 1 heteroatoms. The predicted octanol–water partition coefficient (Wildman–Crippen LogP) is 5.24. The minimum Gasteiger partial charge on any atom is -0.382 e. The Hall–Kier alpha value is -0.980. The van der Waals surface area contributed by atoms with Gasteiger partial charge < -0.3 is 5.32 Å². The largest absolute Gasteiger partial charge is 0.382 e. The molecule has 1 aliphatic carbocycles. The predicted molar refractivity (Wildman–Crippen MR) is 84.9 cm³/mol. The van der Waals surface area contributed by atoms with Crippen molar-refractivity contribution in [3.8, 4) is 0 Å². The summed E-state index contributed by atoms with van der Waals surface area (Å²) in [6.45, 7) is 11.4. The molecule has 0 aromatic heterocycles. The molecule has 0 spiro atoms. The lowest BCUT2D eigenvalue weighted by Gasteiger charge is -2.36. The van der Waals surface area contributed by atoms with Crippen LogP contribution in [0.15, 0.2) is 12.1 Å². The Bertz CT molecular complexity index is 410. The van der Waals surface area contributed by atoms with Crippen LogP contribution in [-0.4, -0.2) is 6.04 Å². The lowest BCUT2D eigenvalue weighted by Crippen LogP contribution is -2.35. The monoisotopic (exact) mass is 259 g/mol. The average molecular weight is 259 g/mol. The maximum absolute atomic E-state index is 3.88. The Kier molecular flexibility index (Phi) is 4.54. The van der Waals surface area contributed by atoms with E-state index < -0.39 is 0 Å². The summed E-state index contributed by atoms with van der Waals surface area (Å²) in [5.74, 6) is 1.61. The molecule has 1 N–H and O–H groups in total. The van der Waals surface area contributed by atoms with Crippen LogP contribution in [0.4, 0.5) is 5.69 Å². The number of hydrogen-bond donors (Lipinski definition) is 1. The number of benzene rings is 1. The molecule has 0 heterocycles. The van der Waals surface area contributed by atoms with E-state index in [-0.39, 0.29) is 0 Å². The van der Waals surface area contributed by atoms with Crippen LogP contribution in [0.5, 0.6) is 0 Å². The van der Waals surface area contributed by atoms with Crippen molar-refractivity contribution in [1.82, 2.24) is 0 Å². The second kappa shape index (κ2) is 5.98. The first-order valence-electron chi connectivity index (χ1n) is 7.83. The van der Waals surface area contributed by atoms with Gasteiger partial charge in [0.05, 0.1) is 0 Å². The van der Waals surface area contributed by atoms with Gasteiger partial charge in [-0.05, 0) is 56.6 Å². The van der Waals surface area contributed by atoms with Crippen molar-refractivity contribution in [3.05, 3.63) is 28.8 Å². The van der Waals surface area contributed by atoms with Crippen LogP contribution in [0.25, 0.3) is 0 Å². The summed E-state index contributed by atoms with van der Waals surface area (Å²) in [6, 6.07) is 5.25. The number of anilines is 1. The minimum atomic E-state index is 0.661. The molecule has 1 aliphatic rings. The summed E-state index contributed by atoms with van der Waals surface area (Å²) in [7, 11) is 0. The third-order valence-corrected chi connectivity index (χ3v) is 4.68. The van der Waals surface area contributed by atoms with Gasteiger partial charge in [0.1, 0.15) is 0 Å². The molecule has 19 heavy (non-hydrogen) atoms. The summed E-state index contributed by atoms with van der Waals surface area (Å²) in [5, 5.41) is 3.88. The lowest BCUT2D eigenvalue weighted by atomic mass is 9.77. The zero-order valence-electron chi connectivity index (χ0n) is 13.2. The van der Waals surface area contributed by atoms with E-state index in [2.05, 4.69) is 52.1 Å². The minimum absolute atomic E-state index is 0.661. The molecule has 1 saturated carbocycles. The molecule has 1 aromatic rings. The summed E-state index contributed by atoms with van der Waals surface area (Å²) in [5.41, 5.74) is 5.53. The van der Waals surface area contributed by atoms with Gasteiger partial charge >= 0.3 is 0 Å². The van der Waals surface area contributed by atoms with Gasteiger partial charge in [0, 0.05) is 11.7 Å². The number of aryl methyl sites for hydroxylation is 3. The summed E-state index contributed by atoms with van der Waals surface area (Å²) >= 11 is 0. The van der Waals surface area contributed by atoms with Crippen molar-refractivity contribution < 1.29 is 0 Å². The molecule has 1 nitrogen and oxygen atoms in total. The van der Waals surface area contributed by atoms with E-state index >= 15 is 0 Å². The molecular formula is C18H29N. The van der Waals surface area contributed by atoms with Crippen LogP contribution in [0.1, 0.15) is 56.2 Å². The van der Waals surface area contributed by atoms with E-state index in [0.717, 1.165) is 11.8 Å². The van der Waals surface area contributed by atoms with Gasteiger partial charge in [-0.15, -0.1) is 0 Å². The zero-order valence-corrected chi connectivity index (χ0v) is 13.2. The van der Waals surface area contributed by atoms with Crippen LogP contribution in [0.3, 0.4) is 0 Å². The Morgan fingerprint density at radius 3 is 2.16 bits per heavy atom. The van der Waals surface area contributed by atoms with Gasteiger partial charge in [-0.3, -0.25) is 0 Å². The highest BCUT2D eigenvalue weighted by molar-refractivity contribution is 5.58. The van der Waals surface area contributed by atoms with Gasteiger partial charge in [-0.1, -0.05) is 44.4 Å².